The van der Waals surface area contributed by atoms with Crippen LogP contribution in [0.15, 0.2) is 67.0 Å². The van der Waals surface area contributed by atoms with Crippen LogP contribution in [-0.2, 0) is 4.79 Å². The molecule has 26 heavy (non-hydrogen) atoms. The third-order valence-corrected chi connectivity index (χ3v) is 3.68. The number of amides is 1. The van der Waals surface area contributed by atoms with Crippen molar-refractivity contribution >= 4 is 11.7 Å². The second-order valence-corrected chi connectivity index (χ2v) is 5.66. The molecule has 0 bridgehead atoms. The Bertz CT molecular complexity index is 804. The summed E-state index contributed by atoms with van der Waals surface area (Å²) in [6, 6.07) is 16.9. The molecule has 0 aliphatic heterocycles. The number of carbonyl (C=O) groups is 1. The van der Waals surface area contributed by atoms with Crippen molar-refractivity contribution in [1.82, 2.24) is 20.1 Å². The molecule has 134 valence electrons. The Balaban J connectivity index is 1.39. The van der Waals surface area contributed by atoms with Gasteiger partial charge in [0, 0.05) is 25.5 Å². The number of rotatable bonds is 8. The van der Waals surface area contributed by atoms with E-state index < -0.39 is 6.10 Å². The summed E-state index contributed by atoms with van der Waals surface area (Å²) >= 11 is 0. The van der Waals surface area contributed by atoms with Crippen LogP contribution in [0.3, 0.4) is 0 Å². The van der Waals surface area contributed by atoms with E-state index in [2.05, 4.69) is 20.8 Å². The van der Waals surface area contributed by atoms with Crippen molar-refractivity contribution in [2.75, 3.05) is 18.4 Å². The highest BCUT2D eigenvalue weighted by atomic mass is 16.5. The van der Waals surface area contributed by atoms with Crippen molar-refractivity contribution in [1.29, 1.82) is 0 Å². The van der Waals surface area contributed by atoms with Crippen LogP contribution < -0.4 is 15.4 Å². The number of hydrogen-bond donors (Lipinski definition) is 2. The molecule has 7 nitrogen and oxygen atoms in total. The first-order chi connectivity index (χ1) is 12.7. The Morgan fingerprint density at radius 1 is 1.04 bits per heavy atom. The number of nitrogens with one attached hydrogen (secondary N) is 2. The van der Waals surface area contributed by atoms with Gasteiger partial charge >= 0.3 is 0 Å². The van der Waals surface area contributed by atoms with Gasteiger partial charge in [0.2, 0.25) is 0 Å². The van der Waals surface area contributed by atoms with Gasteiger partial charge in [0.25, 0.3) is 5.91 Å². The van der Waals surface area contributed by atoms with Crippen LogP contribution in [0.5, 0.6) is 5.75 Å². The van der Waals surface area contributed by atoms with E-state index in [1.54, 1.807) is 6.92 Å². The Morgan fingerprint density at radius 2 is 1.81 bits per heavy atom. The Kier molecular flexibility index (Phi) is 5.82. The smallest absolute Gasteiger partial charge is 0.260 e. The van der Waals surface area contributed by atoms with Gasteiger partial charge in [-0.25, -0.2) is 0 Å². The third-order valence-electron chi connectivity index (χ3n) is 3.68. The molecule has 0 aliphatic rings. The van der Waals surface area contributed by atoms with Gasteiger partial charge in [-0.05, 0) is 43.3 Å². The zero-order valence-electron chi connectivity index (χ0n) is 14.5. The zero-order valence-corrected chi connectivity index (χ0v) is 14.5. The van der Waals surface area contributed by atoms with Crippen molar-refractivity contribution in [3.8, 4) is 11.6 Å². The molecule has 1 aromatic carbocycles. The summed E-state index contributed by atoms with van der Waals surface area (Å²) in [5, 5.41) is 14.2. The van der Waals surface area contributed by atoms with E-state index in [1.165, 1.54) is 0 Å². The standard InChI is InChI=1S/C19H21N5O2/c1-15(26-16-7-3-2-4-8-16)19(25)21-12-11-20-17-9-10-18(23-22-17)24-13-5-6-14-24/h2-10,13-15H,11-12H2,1H3,(H,20,22)(H,21,25). The lowest BCUT2D eigenvalue weighted by molar-refractivity contribution is -0.127. The number of para-hydroxylation sites is 1. The van der Waals surface area contributed by atoms with E-state index in [0.717, 1.165) is 5.82 Å². The lowest BCUT2D eigenvalue weighted by Gasteiger charge is -2.14. The van der Waals surface area contributed by atoms with E-state index in [4.69, 9.17) is 4.74 Å². The molecule has 0 aliphatic carbocycles. The minimum atomic E-state index is -0.557. The number of anilines is 1. The van der Waals surface area contributed by atoms with E-state index in [9.17, 15) is 4.79 Å². The Labute approximate surface area is 152 Å². The highest BCUT2D eigenvalue weighted by molar-refractivity contribution is 5.80. The highest BCUT2D eigenvalue weighted by Crippen LogP contribution is 2.10. The molecule has 2 N–H and O–H groups in total. The lowest BCUT2D eigenvalue weighted by atomic mass is 10.3. The normalized spacial score (nSPS) is 11.6. The maximum atomic E-state index is 12.0. The second-order valence-electron chi connectivity index (χ2n) is 5.66. The maximum absolute atomic E-state index is 12.0. The second kappa shape index (κ2) is 8.66. The van der Waals surface area contributed by atoms with Gasteiger partial charge in [0.1, 0.15) is 11.6 Å². The number of carbonyl (C=O) groups excluding carboxylic acids is 1. The summed E-state index contributed by atoms with van der Waals surface area (Å²) in [6.07, 6.45) is 3.26. The van der Waals surface area contributed by atoms with Crippen LogP contribution in [0.25, 0.3) is 5.82 Å². The molecule has 1 atom stereocenters. The van der Waals surface area contributed by atoms with Crippen molar-refractivity contribution < 1.29 is 9.53 Å². The number of ether oxygens (including phenoxy) is 1. The number of hydrogen-bond acceptors (Lipinski definition) is 5. The summed E-state index contributed by atoms with van der Waals surface area (Å²) in [7, 11) is 0. The van der Waals surface area contributed by atoms with Crippen LogP contribution in [0, 0.1) is 0 Å². The van der Waals surface area contributed by atoms with Gasteiger partial charge in [0.05, 0.1) is 0 Å². The van der Waals surface area contributed by atoms with Gasteiger partial charge in [-0.3, -0.25) is 4.79 Å². The SMILES string of the molecule is CC(Oc1ccccc1)C(=O)NCCNc1ccc(-n2cccc2)nn1. The Morgan fingerprint density at radius 3 is 2.50 bits per heavy atom. The predicted molar refractivity (Wildman–Crippen MR) is 99.4 cm³/mol. The molecule has 3 aromatic rings. The molecule has 0 saturated heterocycles. The van der Waals surface area contributed by atoms with Crippen LogP contribution in [0.2, 0.25) is 0 Å². The van der Waals surface area contributed by atoms with Crippen LogP contribution in [0.1, 0.15) is 6.92 Å². The zero-order chi connectivity index (χ0) is 18.2. The molecule has 0 fully saturated rings. The third kappa shape index (κ3) is 4.83. The number of benzene rings is 1. The molecular weight excluding hydrogens is 330 g/mol. The molecule has 0 saturated carbocycles. The summed E-state index contributed by atoms with van der Waals surface area (Å²) in [5.74, 6) is 1.92. The van der Waals surface area contributed by atoms with Crippen molar-refractivity contribution in [3.63, 3.8) is 0 Å². The first kappa shape index (κ1) is 17.5. The van der Waals surface area contributed by atoms with Gasteiger partial charge in [-0.1, -0.05) is 18.2 Å². The quantitative estimate of drug-likeness (QED) is 0.609. The minimum Gasteiger partial charge on any atom is -0.481 e. The fourth-order valence-electron chi connectivity index (χ4n) is 2.32. The fraction of sp³-hybridized carbons (Fsp3) is 0.211. The van der Waals surface area contributed by atoms with Crippen LogP contribution >= 0.6 is 0 Å². The first-order valence-electron chi connectivity index (χ1n) is 8.43. The molecule has 1 amide bonds. The monoisotopic (exact) mass is 351 g/mol. The lowest BCUT2D eigenvalue weighted by Crippen LogP contribution is -2.38. The van der Waals surface area contributed by atoms with E-state index in [-0.39, 0.29) is 5.91 Å². The van der Waals surface area contributed by atoms with Crippen LogP contribution in [-0.4, -0.2) is 39.9 Å². The van der Waals surface area contributed by atoms with Gasteiger partial charge in [-0.2, -0.15) is 0 Å². The van der Waals surface area contributed by atoms with E-state index in [0.29, 0.717) is 24.7 Å². The highest BCUT2D eigenvalue weighted by Gasteiger charge is 2.13. The molecule has 2 aromatic heterocycles. The first-order valence-corrected chi connectivity index (χ1v) is 8.43. The molecule has 1 unspecified atom stereocenters. The van der Waals surface area contributed by atoms with Crippen molar-refractivity contribution in [3.05, 3.63) is 67.0 Å². The number of aromatic nitrogens is 3. The maximum Gasteiger partial charge on any atom is 0.260 e. The molecular formula is C19H21N5O2. The Hall–Kier alpha value is -3.35. The van der Waals surface area contributed by atoms with Crippen molar-refractivity contribution in [2.45, 2.75) is 13.0 Å². The molecule has 0 spiro atoms. The van der Waals surface area contributed by atoms with E-state index in [1.807, 2.05) is 71.6 Å². The van der Waals surface area contributed by atoms with Gasteiger partial charge in [-0.15, -0.1) is 10.2 Å². The van der Waals surface area contributed by atoms with Gasteiger partial charge in [0.15, 0.2) is 11.9 Å². The molecule has 2 heterocycles. The average molecular weight is 351 g/mol. The largest absolute Gasteiger partial charge is 0.481 e. The topological polar surface area (TPSA) is 81.1 Å². The van der Waals surface area contributed by atoms with E-state index >= 15 is 0 Å². The predicted octanol–water partition coefficient (Wildman–Crippen LogP) is 2.26. The molecule has 0 radical (unpaired) electrons. The van der Waals surface area contributed by atoms with Crippen molar-refractivity contribution in [2.24, 2.45) is 0 Å². The molecule has 3 rings (SSSR count). The summed E-state index contributed by atoms with van der Waals surface area (Å²) in [4.78, 5) is 12.0. The minimum absolute atomic E-state index is 0.162. The fourth-order valence-corrected chi connectivity index (χ4v) is 2.32. The summed E-state index contributed by atoms with van der Waals surface area (Å²) in [6.45, 7) is 2.73. The molecule has 7 heteroatoms. The number of nitrogens with zero attached hydrogens (tertiary/aromatic N) is 3. The van der Waals surface area contributed by atoms with Crippen LogP contribution in [0.4, 0.5) is 5.82 Å². The average Bonchev–Trinajstić information content (AvgIpc) is 3.21. The summed E-state index contributed by atoms with van der Waals surface area (Å²) < 4.78 is 7.46. The summed E-state index contributed by atoms with van der Waals surface area (Å²) in [5.41, 5.74) is 0. The van der Waals surface area contributed by atoms with Gasteiger partial charge < -0.3 is 19.9 Å².